The number of benzene rings is 1. The quantitative estimate of drug-likeness (QED) is 0.525. The van der Waals surface area contributed by atoms with Gasteiger partial charge in [0, 0.05) is 10.8 Å². The van der Waals surface area contributed by atoms with E-state index in [1.165, 1.54) is 16.5 Å². The van der Waals surface area contributed by atoms with Gasteiger partial charge in [-0.25, -0.2) is 4.98 Å². The molecule has 3 heteroatoms. The van der Waals surface area contributed by atoms with Crippen molar-refractivity contribution in [3.63, 3.8) is 0 Å². The maximum absolute atomic E-state index is 5.19. The summed E-state index contributed by atoms with van der Waals surface area (Å²) in [6, 6.07) is 6.17. The lowest BCUT2D eigenvalue weighted by atomic mass is 10.2. The molecule has 0 spiro atoms. The Morgan fingerprint density at radius 3 is 3.33 bits per heavy atom. The molecule has 3 rings (SSSR count). The molecule has 0 aliphatic carbocycles. The molecule has 1 aromatic carbocycles. The van der Waals surface area contributed by atoms with Crippen molar-refractivity contribution in [1.29, 1.82) is 0 Å². The van der Waals surface area contributed by atoms with Gasteiger partial charge in [-0.3, -0.25) is 0 Å². The Morgan fingerprint density at radius 1 is 1.33 bits per heavy atom. The first kappa shape index (κ1) is 6.20. The first-order valence-electron chi connectivity index (χ1n) is 3.64. The van der Waals surface area contributed by atoms with Crippen molar-refractivity contribution < 1.29 is 4.42 Å². The first-order valence-corrected chi connectivity index (χ1v) is 4.52. The van der Waals surface area contributed by atoms with E-state index in [0.717, 1.165) is 11.1 Å². The summed E-state index contributed by atoms with van der Waals surface area (Å²) in [5, 5.41) is 3.31. The van der Waals surface area contributed by atoms with Crippen LogP contribution in [0.4, 0.5) is 0 Å². The smallest absolute Gasteiger partial charge is 0.181 e. The predicted molar refractivity (Wildman–Crippen MR) is 49.4 cm³/mol. The molecule has 0 aliphatic rings. The monoisotopic (exact) mass is 175 g/mol. The van der Waals surface area contributed by atoms with Crippen LogP contribution in [0.1, 0.15) is 0 Å². The molecule has 0 saturated heterocycles. The van der Waals surface area contributed by atoms with Crippen LogP contribution < -0.4 is 0 Å². The summed E-state index contributed by atoms with van der Waals surface area (Å²) in [6.45, 7) is 0. The molecule has 0 saturated carbocycles. The van der Waals surface area contributed by atoms with Gasteiger partial charge in [0.2, 0.25) is 0 Å². The molecule has 2 heterocycles. The molecular formula is C9H5NOS. The second-order valence-corrected chi connectivity index (χ2v) is 3.58. The van der Waals surface area contributed by atoms with Crippen molar-refractivity contribution in [3.05, 3.63) is 30.0 Å². The number of oxazole rings is 1. The number of nitrogens with zero attached hydrogens (tertiary/aromatic N) is 1. The summed E-state index contributed by atoms with van der Waals surface area (Å²) < 4.78 is 6.44. The molecule has 12 heavy (non-hydrogen) atoms. The molecule has 0 fully saturated rings. The third kappa shape index (κ3) is 0.713. The van der Waals surface area contributed by atoms with Crippen LogP contribution in [0.2, 0.25) is 0 Å². The van der Waals surface area contributed by atoms with Crippen LogP contribution in [0.5, 0.6) is 0 Å². The molecule has 0 aliphatic heterocycles. The summed E-state index contributed by atoms with van der Waals surface area (Å²) in [5.74, 6) is 0. The molecule has 58 valence electrons. The van der Waals surface area contributed by atoms with Crippen LogP contribution in [-0.4, -0.2) is 4.98 Å². The zero-order valence-electron chi connectivity index (χ0n) is 6.15. The van der Waals surface area contributed by atoms with E-state index in [1.54, 1.807) is 11.3 Å². The van der Waals surface area contributed by atoms with Crippen LogP contribution in [0.15, 0.2) is 34.4 Å². The van der Waals surface area contributed by atoms with Crippen LogP contribution in [0.3, 0.4) is 0 Å². The zero-order chi connectivity index (χ0) is 7.97. The van der Waals surface area contributed by atoms with Crippen LogP contribution in [0, 0.1) is 0 Å². The van der Waals surface area contributed by atoms with Gasteiger partial charge >= 0.3 is 0 Å². The molecule has 0 atom stereocenters. The van der Waals surface area contributed by atoms with E-state index in [-0.39, 0.29) is 0 Å². The average Bonchev–Trinajstić information content (AvgIpc) is 2.64. The Labute approximate surface area is 72.4 Å². The van der Waals surface area contributed by atoms with Crippen molar-refractivity contribution >= 4 is 32.5 Å². The SMILES string of the molecule is c1nc2cc3ccsc3cc2o1. The van der Waals surface area contributed by atoms with Gasteiger partial charge in [-0.2, -0.15) is 0 Å². The Hall–Kier alpha value is -1.35. The fraction of sp³-hybridized carbons (Fsp3) is 0. The van der Waals surface area contributed by atoms with Crippen molar-refractivity contribution in [1.82, 2.24) is 4.98 Å². The molecule has 0 radical (unpaired) electrons. The zero-order valence-corrected chi connectivity index (χ0v) is 6.97. The van der Waals surface area contributed by atoms with E-state index in [0.29, 0.717) is 0 Å². The van der Waals surface area contributed by atoms with E-state index in [1.807, 2.05) is 12.1 Å². The molecule has 0 unspecified atom stereocenters. The van der Waals surface area contributed by atoms with Crippen LogP contribution in [0.25, 0.3) is 21.2 Å². The standard InChI is InChI=1S/C9H5NOS/c1-2-12-9-4-8-7(3-6(1)9)10-5-11-8/h1-5H. The summed E-state index contributed by atoms with van der Waals surface area (Å²) in [7, 11) is 0. The normalized spacial score (nSPS) is 11.3. The number of hydrogen-bond donors (Lipinski definition) is 0. The number of fused-ring (bicyclic) bond motifs is 2. The summed E-state index contributed by atoms with van der Waals surface area (Å²) in [6.07, 6.45) is 1.48. The molecular weight excluding hydrogens is 170 g/mol. The molecule has 0 bridgehead atoms. The van der Waals surface area contributed by atoms with E-state index in [9.17, 15) is 0 Å². The number of hydrogen-bond acceptors (Lipinski definition) is 3. The third-order valence-corrected chi connectivity index (χ3v) is 2.79. The van der Waals surface area contributed by atoms with Gasteiger partial charge in [0.05, 0.1) is 0 Å². The lowest BCUT2D eigenvalue weighted by molar-refractivity contribution is 0.602. The van der Waals surface area contributed by atoms with Gasteiger partial charge in [-0.1, -0.05) is 0 Å². The fourth-order valence-corrected chi connectivity index (χ4v) is 2.11. The highest BCUT2D eigenvalue weighted by molar-refractivity contribution is 7.17. The fourth-order valence-electron chi connectivity index (χ4n) is 1.31. The van der Waals surface area contributed by atoms with Gasteiger partial charge in [0.15, 0.2) is 12.0 Å². The minimum Gasteiger partial charge on any atom is -0.443 e. The highest BCUT2D eigenvalue weighted by Gasteiger charge is 2.01. The van der Waals surface area contributed by atoms with Crippen molar-refractivity contribution in [2.45, 2.75) is 0 Å². The van der Waals surface area contributed by atoms with E-state index in [4.69, 9.17) is 4.42 Å². The summed E-state index contributed by atoms with van der Waals surface area (Å²) >= 11 is 1.72. The van der Waals surface area contributed by atoms with Crippen LogP contribution in [-0.2, 0) is 0 Å². The molecule has 3 aromatic rings. The Morgan fingerprint density at radius 2 is 2.33 bits per heavy atom. The van der Waals surface area contributed by atoms with Gasteiger partial charge in [-0.05, 0) is 22.9 Å². The van der Waals surface area contributed by atoms with Crippen molar-refractivity contribution in [2.75, 3.05) is 0 Å². The summed E-state index contributed by atoms with van der Waals surface area (Å²) in [5.41, 5.74) is 1.80. The first-order chi connectivity index (χ1) is 5.93. The minimum atomic E-state index is 0.866. The highest BCUT2D eigenvalue weighted by atomic mass is 32.1. The largest absolute Gasteiger partial charge is 0.443 e. The van der Waals surface area contributed by atoms with E-state index < -0.39 is 0 Å². The average molecular weight is 175 g/mol. The Kier molecular flexibility index (Phi) is 1.07. The molecule has 2 aromatic heterocycles. The Bertz CT molecular complexity index is 446. The minimum absolute atomic E-state index is 0.866. The van der Waals surface area contributed by atoms with Gasteiger partial charge in [0.25, 0.3) is 0 Å². The second-order valence-electron chi connectivity index (χ2n) is 2.63. The number of thiophene rings is 1. The van der Waals surface area contributed by atoms with Gasteiger partial charge in [-0.15, -0.1) is 11.3 Å². The highest BCUT2D eigenvalue weighted by Crippen LogP contribution is 2.25. The maximum atomic E-state index is 5.19. The van der Waals surface area contributed by atoms with E-state index in [2.05, 4.69) is 16.4 Å². The molecule has 2 nitrogen and oxygen atoms in total. The molecule has 0 N–H and O–H groups in total. The topological polar surface area (TPSA) is 26.0 Å². The van der Waals surface area contributed by atoms with Crippen molar-refractivity contribution in [3.8, 4) is 0 Å². The lowest BCUT2D eigenvalue weighted by Crippen LogP contribution is -1.65. The number of aromatic nitrogens is 1. The summed E-state index contributed by atoms with van der Waals surface area (Å²) in [4.78, 5) is 4.09. The molecule has 0 amide bonds. The van der Waals surface area contributed by atoms with E-state index >= 15 is 0 Å². The maximum Gasteiger partial charge on any atom is 0.181 e. The van der Waals surface area contributed by atoms with Crippen LogP contribution >= 0.6 is 11.3 Å². The van der Waals surface area contributed by atoms with Crippen molar-refractivity contribution in [2.24, 2.45) is 0 Å². The van der Waals surface area contributed by atoms with Gasteiger partial charge in [0.1, 0.15) is 5.52 Å². The second kappa shape index (κ2) is 2.08. The lowest BCUT2D eigenvalue weighted by Gasteiger charge is -1.87. The predicted octanol–water partition coefficient (Wildman–Crippen LogP) is 3.04. The number of rotatable bonds is 0. The third-order valence-electron chi connectivity index (χ3n) is 1.91. The Balaban J connectivity index is 2.62. The van der Waals surface area contributed by atoms with Gasteiger partial charge < -0.3 is 4.42 Å².